The molecule has 0 spiro atoms. The minimum atomic E-state index is -0.420. The predicted molar refractivity (Wildman–Crippen MR) is 104 cm³/mol. The maximum absolute atomic E-state index is 12.1. The van der Waals surface area contributed by atoms with Crippen LogP contribution in [-0.4, -0.2) is 36.3 Å². The first-order valence-electron chi connectivity index (χ1n) is 9.11. The lowest BCUT2D eigenvalue weighted by atomic mass is 9.92. The molecule has 1 saturated heterocycles. The summed E-state index contributed by atoms with van der Waals surface area (Å²) in [5, 5.41) is 0. The van der Waals surface area contributed by atoms with Crippen molar-refractivity contribution >= 4 is 22.0 Å². The Bertz CT molecular complexity index is 575. The molecule has 0 aliphatic carbocycles. The summed E-state index contributed by atoms with van der Waals surface area (Å²) in [6, 6.07) is 6.08. The third kappa shape index (κ3) is 6.89. The fourth-order valence-corrected chi connectivity index (χ4v) is 3.25. The lowest BCUT2D eigenvalue weighted by Gasteiger charge is -2.33. The SMILES string of the molecule is Cc1cc(OCCCC2CCN(C(=O)OC(C)(C)C)CC2)ccc1Br. The molecule has 0 unspecified atom stereocenters. The molecule has 0 aromatic heterocycles. The van der Waals surface area contributed by atoms with Crippen molar-refractivity contribution in [2.75, 3.05) is 19.7 Å². The van der Waals surface area contributed by atoms with Crippen molar-refractivity contribution in [1.82, 2.24) is 4.90 Å². The smallest absolute Gasteiger partial charge is 0.410 e. The van der Waals surface area contributed by atoms with Crippen LogP contribution in [0.2, 0.25) is 0 Å². The molecule has 1 fully saturated rings. The Balaban J connectivity index is 1.64. The van der Waals surface area contributed by atoms with Crippen LogP contribution in [0.4, 0.5) is 4.79 Å². The van der Waals surface area contributed by atoms with Gasteiger partial charge in [-0.05, 0) is 83.1 Å². The highest BCUT2D eigenvalue weighted by Gasteiger charge is 2.26. The number of likely N-dealkylation sites (tertiary alicyclic amines) is 1. The number of ether oxygens (including phenoxy) is 2. The monoisotopic (exact) mass is 411 g/mol. The second-order valence-corrected chi connectivity index (χ2v) is 8.67. The number of aryl methyl sites for hydroxylation is 1. The zero-order chi connectivity index (χ0) is 18.4. The highest BCUT2D eigenvalue weighted by molar-refractivity contribution is 9.10. The largest absolute Gasteiger partial charge is 0.494 e. The zero-order valence-electron chi connectivity index (χ0n) is 15.8. The number of hydrogen-bond donors (Lipinski definition) is 0. The van der Waals surface area contributed by atoms with Gasteiger partial charge in [-0.2, -0.15) is 0 Å². The van der Waals surface area contributed by atoms with E-state index in [4.69, 9.17) is 9.47 Å². The highest BCUT2D eigenvalue weighted by atomic mass is 79.9. The molecule has 0 N–H and O–H groups in total. The molecule has 0 radical (unpaired) electrons. The second-order valence-electron chi connectivity index (χ2n) is 7.81. The molecule has 1 amide bonds. The van der Waals surface area contributed by atoms with Gasteiger partial charge in [-0.3, -0.25) is 0 Å². The molecule has 25 heavy (non-hydrogen) atoms. The lowest BCUT2D eigenvalue weighted by Crippen LogP contribution is -2.41. The fourth-order valence-electron chi connectivity index (χ4n) is 3.00. The van der Waals surface area contributed by atoms with Gasteiger partial charge in [0.1, 0.15) is 11.4 Å². The van der Waals surface area contributed by atoms with Crippen LogP contribution in [0.1, 0.15) is 52.0 Å². The molecular formula is C20H30BrNO3. The number of amides is 1. The van der Waals surface area contributed by atoms with Crippen LogP contribution in [0, 0.1) is 12.8 Å². The van der Waals surface area contributed by atoms with Gasteiger partial charge in [0.15, 0.2) is 0 Å². The van der Waals surface area contributed by atoms with Crippen LogP contribution in [0.15, 0.2) is 22.7 Å². The average Bonchev–Trinajstić information content (AvgIpc) is 2.54. The van der Waals surface area contributed by atoms with E-state index in [1.54, 1.807) is 0 Å². The number of halogens is 1. The zero-order valence-corrected chi connectivity index (χ0v) is 17.4. The average molecular weight is 412 g/mol. The van der Waals surface area contributed by atoms with Gasteiger partial charge >= 0.3 is 6.09 Å². The summed E-state index contributed by atoms with van der Waals surface area (Å²) in [5.41, 5.74) is 0.767. The molecule has 2 rings (SSSR count). The van der Waals surface area contributed by atoms with Crippen LogP contribution in [0.25, 0.3) is 0 Å². The second kappa shape index (κ2) is 8.93. The first-order chi connectivity index (χ1) is 11.7. The first kappa shape index (κ1) is 20.1. The maximum atomic E-state index is 12.1. The number of rotatable bonds is 5. The minimum Gasteiger partial charge on any atom is -0.494 e. The summed E-state index contributed by atoms with van der Waals surface area (Å²) in [5.74, 6) is 1.61. The van der Waals surface area contributed by atoms with Gasteiger partial charge in [-0.25, -0.2) is 4.79 Å². The van der Waals surface area contributed by atoms with E-state index in [1.807, 2.05) is 37.8 Å². The number of piperidine rings is 1. The van der Waals surface area contributed by atoms with Crippen LogP contribution < -0.4 is 4.74 Å². The molecule has 1 aliphatic rings. The van der Waals surface area contributed by atoms with E-state index < -0.39 is 5.60 Å². The number of benzene rings is 1. The number of hydrogen-bond acceptors (Lipinski definition) is 3. The molecule has 1 aromatic rings. The third-order valence-corrected chi connectivity index (χ3v) is 5.31. The van der Waals surface area contributed by atoms with Crippen LogP contribution in [0.5, 0.6) is 5.75 Å². The van der Waals surface area contributed by atoms with E-state index in [1.165, 1.54) is 5.56 Å². The van der Waals surface area contributed by atoms with Crippen molar-refractivity contribution in [3.63, 3.8) is 0 Å². The Morgan fingerprint density at radius 1 is 1.28 bits per heavy atom. The molecule has 1 aromatic carbocycles. The van der Waals surface area contributed by atoms with Crippen molar-refractivity contribution in [2.24, 2.45) is 5.92 Å². The van der Waals surface area contributed by atoms with E-state index in [2.05, 4.69) is 28.9 Å². The molecule has 0 atom stereocenters. The molecule has 140 valence electrons. The Labute approximate surface area is 160 Å². The van der Waals surface area contributed by atoms with Gasteiger partial charge in [0.2, 0.25) is 0 Å². The van der Waals surface area contributed by atoms with E-state index in [0.29, 0.717) is 5.92 Å². The standard InChI is InChI=1S/C20H30BrNO3/c1-15-14-17(7-8-18(15)21)24-13-5-6-16-9-11-22(12-10-16)19(23)25-20(2,3)4/h7-8,14,16H,5-6,9-13H2,1-4H3. The van der Waals surface area contributed by atoms with Crippen molar-refractivity contribution in [2.45, 2.75) is 59.0 Å². The van der Waals surface area contributed by atoms with Crippen molar-refractivity contribution in [1.29, 1.82) is 0 Å². The van der Waals surface area contributed by atoms with Crippen LogP contribution in [0.3, 0.4) is 0 Å². The number of carbonyl (C=O) groups is 1. The summed E-state index contributed by atoms with van der Waals surface area (Å²) in [6.07, 6.45) is 4.12. The predicted octanol–water partition coefficient (Wildman–Crippen LogP) is 5.56. The van der Waals surface area contributed by atoms with Crippen LogP contribution >= 0.6 is 15.9 Å². The normalized spacial score (nSPS) is 16.0. The summed E-state index contributed by atoms with van der Waals surface area (Å²) < 4.78 is 12.4. The van der Waals surface area contributed by atoms with E-state index in [0.717, 1.165) is 55.6 Å². The van der Waals surface area contributed by atoms with Crippen molar-refractivity contribution in [3.05, 3.63) is 28.2 Å². The molecular weight excluding hydrogens is 382 g/mol. The Hall–Kier alpha value is -1.23. The first-order valence-corrected chi connectivity index (χ1v) is 9.91. The van der Waals surface area contributed by atoms with Gasteiger partial charge in [0, 0.05) is 17.6 Å². The lowest BCUT2D eigenvalue weighted by molar-refractivity contribution is 0.0179. The fraction of sp³-hybridized carbons (Fsp3) is 0.650. The molecule has 4 nitrogen and oxygen atoms in total. The summed E-state index contributed by atoms with van der Waals surface area (Å²) >= 11 is 3.50. The van der Waals surface area contributed by atoms with Crippen LogP contribution in [-0.2, 0) is 4.74 Å². The van der Waals surface area contributed by atoms with E-state index >= 15 is 0 Å². The molecule has 0 saturated carbocycles. The Morgan fingerprint density at radius 2 is 1.96 bits per heavy atom. The van der Waals surface area contributed by atoms with Gasteiger partial charge in [0.25, 0.3) is 0 Å². The molecule has 1 heterocycles. The topological polar surface area (TPSA) is 38.8 Å². The quantitative estimate of drug-likeness (QED) is 0.594. The van der Waals surface area contributed by atoms with Gasteiger partial charge in [-0.15, -0.1) is 0 Å². The Morgan fingerprint density at radius 3 is 2.56 bits per heavy atom. The number of carbonyl (C=O) groups excluding carboxylic acids is 1. The third-order valence-electron chi connectivity index (χ3n) is 4.42. The summed E-state index contributed by atoms with van der Waals surface area (Å²) in [6.45, 7) is 10.1. The summed E-state index contributed by atoms with van der Waals surface area (Å²) in [4.78, 5) is 13.9. The summed E-state index contributed by atoms with van der Waals surface area (Å²) in [7, 11) is 0. The molecule has 1 aliphatic heterocycles. The molecule has 0 bridgehead atoms. The Kier molecular flexibility index (Phi) is 7.17. The van der Waals surface area contributed by atoms with Gasteiger partial charge in [-0.1, -0.05) is 15.9 Å². The number of nitrogens with zero attached hydrogens (tertiary/aromatic N) is 1. The van der Waals surface area contributed by atoms with Crippen molar-refractivity contribution in [3.8, 4) is 5.75 Å². The van der Waals surface area contributed by atoms with E-state index in [-0.39, 0.29) is 6.09 Å². The maximum Gasteiger partial charge on any atom is 0.410 e. The van der Waals surface area contributed by atoms with E-state index in [9.17, 15) is 4.79 Å². The van der Waals surface area contributed by atoms with Gasteiger partial charge < -0.3 is 14.4 Å². The minimum absolute atomic E-state index is 0.181. The van der Waals surface area contributed by atoms with Crippen molar-refractivity contribution < 1.29 is 14.3 Å². The molecule has 5 heteroatoms. The highest BCUT2D eigenvalue weighted by Crippen LogP contribution is 2.25. The van der Waals surface area contributed by atoms with Gasteiger partial charge in [0.05, 0.1) is 6.61 Å².